The van der Waals surface area contributed by atoms with Crippen molar-refractivity contribution in [3.8, 4) is 11.3 Å². The molecule has 0 saturated heterocycles. The fraction of sp³-hybridized carbons (Fsp3) is 0.0625. The number of carboxylic acids is 1. The number of aromatic nitrogens is 2. The maximum Gasteiger partial charge on any atom is 0.360 e. The number of hydrogen-bond acceptors (Lipinski definition) is 9. The molecule has 3 rings (SSSR count). The van der Waals surface area contributed by atoms with Crippen LogP contribution in [0.2, 0.25) is 0 Å². The Morgan fingerprint density at radius 2 is 1.93 bits per heavy atom. The molecule has 3 aromatic rings. The van der Waals surface area contributed by atoms with E-state index >= 15 is 0 Å². The summed E-state index contributed by atoms with van der Waals surface area (Å²) < 4.78 is 0. The van der Waals surface area contributed by atoms with Gasteiger partial charge in [-0.05, 0) is 0 Å². The summed E-state index contributed by atoms with van der Waals surface area (Å²) in [4.78, 5) is 33.2. The van der Waals surface area contributed by atoms with E-state index in [0.717, 1.165) is 22.6 Å². The second kappa shape index (κ2) is 13.2. The van der Waals surface area contributed by atoms with Crippen molar-refractivity contribution < 1.29 is 25.0 Å². The zero-order valence-corrected chi connectivity index (χ0v) is 17.4. The maximum atomic E-state index is 10.7. The van der Waals surface area contributed by atoms with E-state index in [-0.39, 0.29) is 29.3 Å². The lowest BCUT2D eigenvalue weighted by atomic mass is 10.2. The molecule has 0 bridgehead atoms. The van der Waals surface area contributed by atoms with E-state index in [0.29, 0.717) is 16.7 Å². The van der Waals surface area contributed by atoms with E-state index in [4.69, 9.17) is 10.8 Å². The molecule has 1 aromatic carbocycles. The van der Waals surface area contributed by atoms with E-state index in [1.807, 2.05) is 35.7 Å². The minimum Gasteiger partial charge on any atom is -0.476 e. The summed E-state index contributed by atoms with van der Waals surface area (Å²) in [6.45, 7) is 0. The second-order valence-electron chi connectivity index (χ2n) is 4.66. The van der Waals surface area contributed by atoms with Crippen LogP contribution in [0.15, 0.2) is 46.2 Å². The topological polar surface area (TPSA) is 171 Å². The van der Waals surface area contributed by atoms with E-state index in [2.05, 4.69) is 25.3 Å². The van der Waals surface area contributed by atoms with Gasteiger partial charge in [0.05, 0.1) is 5.69 Å². The molecule has 13 heteroatoms. The highest BCUT2D eigenvalue weighted by molar-refractivity contribution is 7.14. The summed E-state index contributed by atoms with van der Waals surface area (Å²) in [5.74, 6) is -1.25. The third kappa shape index (κ3) is 7.83. The smallest absolute Gasteiger partial charge is 0.360 e. The lowest BCUT2D eigenvalue weighted by Crippen LogP contribution is -2.15. The number of rotatable bonds is 6. The highest BCUT2D eigenvalue weighted by Crippen LogP contribution is 2.22. The number of hydrogen-bond donors (Lipinski definition) is 3. The molecule has 0 aliphatic rings. The lowest BCUT2D eigenvalue weighted by molar-refractivity contribution is -0.129. The molecule has 0 atom stereocenters. The van der Waals surface area contributed by atoms with Crippen LogP contribution in [0.4, 0.5) is 10.3 Å². The van der Waals surface area contributed by atoms with Gasteiger partial charge in [0, 0.05) is 16.3 Å². The molecule has 2 heterocycles. The summed E-state index contributed by atoms with van der Waals surface area (Å²) in [6.07, 6.45) is 0.455. The van der Waals surface area contributed by atoms with Crippen LogP contribution in [0, 0.1) is 0 Å². The highest BCUT2D eigenvalue weighted by Gasteiger charge is 2.17. The molecule has 10 nitrogen and oxygen atoms in total. The standard InChI is InChI=1S/C9H8N2S.C7H7N3O4S.ClH.H2O/c10-9-11-8(6-12-9)7-4-2-1-3-5-7;1-14-10-5(6(12)13)4-2-15-7(9-4)8-3-11;;/h1-6H,(H2,10,11);2-3H,1H3,(H,12,13)(H,8,9,11);1H;1H2/b;10-5-;;. The van der Waals surface area contributed by atoms with Gasteiger partial charge in [0.25, 0.3) is 0 Å². The predicted octanol–water partition coefficient (Wildman–Crippen LogP) is 2.14. The SMILES string of the molecule is CO/N=C(\C(=O)O)c1csc(NC=O)n1.Cl.Nc1nc(-c2ccccc2)cs1.O. The lowest BCUT2D eigenvalue weighted by Gasteiger charge is -1.94. The Kier molecular flexibility index (Phi) is 11.8. The Hall–Kier alpha value is -3.06. The molecular weight excluding hydrogens is 442 g/mol. The number of benzene rings is 1. The van der Waals surface area contributed by atoms with E-state index in [9.17, 15) is 9.59 Å². The average Bonchev–Trinajstić information content (AvgIpc) is 3.30. The van der Waals surface area contributed by atoms with Gasteiger partial charge in [0.1, 0.15) is 12.8 Å². The van der Waals surface area contributed by atoms with Gasteiger partial charge >= 0.3 is 5.97 Å². The number of nitrogens with one attached hydrogen (secondary N) is 1. The van der Waals surface area contributed by atoms with Crippen molar-refractivity contribution in [2.24, 2.45) is 5.16 Å². The molecule has 0 spiro atoms. The Labute approximate surface area is 179 Å². The molecule has 6 N–H and O–H groups in total. The van der Waals surface area contributed by atoms with Crippen molar-refractivity contribution in [3.05, 3.63) is 46.8 Å². The zero-order chi connectivity index (χ0) is 19.6. The normalized spacial score (nSPS) is 9.76. The number of oxime groups is 1. The Morgan fingerprint density at radius 3 is 2.45 bits per heavy atom. The molecule has 0 fully saturated rings. The highest BCUT2D eigenvalue weighted by atomic mass is 35.5. The number of anilines is 2. The number of nitrogens with two attached hydrogens (primary N) is 1. The Balaban J connectivity index is 0.000000514. The molecule has 0 unspecified atom stereocenters. The zero-order valence-electron chi connectivity index (χ0n) is 14.9. The van der Waals surface area contributed by atoms with Crippen LogP contribution in [0.1, 0.15) is 5.69 Å². The number of halogens is 1. The first kappa shape index (κ1) is 25.9. The first-order valence-electron chi connectivity index (χ1n) is 7.32. The van der Waals surface area contributed by atoms with Gasteiger partial charge in [-0.2, -0.15) is 0 Å². The summed E-state index contributed by atoms with van der Waals surface area (Å²) in [6, 6.07) is 10.0. The Bertz CT molecular complexity index is 933. The summed E-state index contributed by atoms with van der Waals surface area (Å²) in [5, 5.41) is 18.7. The first-order chi connectivity index (χ1) is 13.0. The summed E-state index contributed by atoms with van der Waals surface area (Å²) in [5.41, 5.74) is 7.42. The number of carbonyl (C=O) groups excluding carboxylic acids is 1. The first-order valence-corrected chi connectivity index (χ1v) is 9.08. The van der Waals surface area contributed by atoms with Gasteiger partial charge in [-0.1, -0.05) is 35.5 Å². The van der Waals surface area contributed by atoms with Gasteiger partial charge in [-0.25, -0.2) is 14.8 Å². The van der Waals surface area contributed by atoms with Crippen molar-refractivity contribution in [3.63, 3.8) is 0 Å². The van der Waals surface area contributed by atoms with Crippen LogP contribution >= 0.6 is 35.1 Å². The van der Waals surface area contributed by atoms with E-state index in [1.54, 1.807) is 0 Å². The molecular formula is C16H18ClN5O5S2. The Morgan fingerprint density at radius 1 is 1.24 bits per heavy atom. The number of aliphatic carboxylic acids is 1. The van der Waals surface area contributed by atoms with Crippen molar-refractivity contribution in [1.82, 2.24) is 9.97 Å². The van der Waals surface area contributed by atoms with Crippen LogP contribution in [0.25, 0.3) is 11.3 Å². The monoisotopic (exact) mass is 459 g/mol. The van der Waals surface area contributed by atoms with Crippen LogP contribution in [-0.2, 0) is 14.4 Å². The fourth-order valence-corrected chi connectivity index (χ4v) is 3.04. The number of nitrogens with zero attached hydrogens (tertiary/aromatic N) is 3. The molecule has 1 amide bonds. The largest absolute Gasteiger partial charge is 0.476 e. The molecule has 0 aliphatic heterocycles. The predicted molar refractivity (Wildman–Crippen MR) is 116 cm³/mol. The quantitative estimate of drug-likeness (QED) is 0.287. The van der Waals surface area contributed by atoms with Gasteiger partial charge in [0.2, 0.25) is 12.1 Å². The van der Waals surface area contributed by atoms with Gasteiger partial charge in [-0.15, -0.1) is 35.1 Å². The molecule has 156 valence electrons. The molecule has 2 aromatic heterocycles. The van der Waals surface area contributed by atoms with E-state index in [1.165, 1.54) is 23.8 Å². The van der Waals surface area contributed by atoms with Gasteiger partial charge in [0.15, 0.2) is 10.3 Å². The number of amides is 1. The van der Waals surface area contributed by atoms with Crippen molar-refractivity contribution in [2.75, 3.05) is 18.2 Å². The minimum absolute atomic E-state index is 0. The summed E-state index contributed by atoms with van der Waals surface area (Å²) >= 11 is 2.56. The number of carboxylic acid groups (broad SMARTS) is 1. The number of nitrogen functional groups attached to an aromatic ring is 1. The molecule has 29 heavy (non-hydrogen) atoms. The van der Waals surface area contributed by atoms with Crippen LogP contribution in [0.3, 0.4) is 0 Å². The number of thiazole rings is 2. The summed E-state index contributed by atoms with van der Waals surface area (Å²) in [7, 11) is 1.24. The van der Waals surface area contributed by atoms with Gasteiger partial charge in [-0.3, -0.25) is 4.79 Å². The maximum absolute atomic E-state index is 10.7. The fourth-order valence-electron chi connectivity index (χ4n) is 1.81. The van der Waals surface area contributed by atoms with Crippen LogP contribution in [0.5, 0.6) is 0 Å². The van der Waals surface area contributed by atoms with Crippen molar-refractivity contribution in [2.45, 2.75) is 0 Å². The molecule has 0 aliphatic carbocycles. The second-order valence-corrected chi connectivity index (χ2v) is 6.41. The van der Waals surface area contributed by atoms with Crippen LogP contribution in [-0.4, -0.2) is 45.8 Å². The number of carbonyl (C=O) groups is 2. The minimum atomic E-state index is -1.25. The third-order valence-electron chi connectivity index (χ3n) is 2.91. The van der Waals surface area contributed by atoms with Crippen molar-refractivity contribution >= 4 is 63.4 Å². The molecule has 0 saturated carbocycles. The van der Waals surface area contributed by atoms with Gasteiger partial charge < -0.3 is 26.5 Å². The average molecular weight is 460 g/mol. The third-order valence-corrected chi connectivity index (χ3v) is 4.35. The van der Waals surface area contributed by atoms with Crippen molar-refractivity contribution in [1.29, 1.82) is 0 Å². The van der Waals surface area contributed by atoms with E-state index < -0.39 is 5.97 Å². The van der Waals surface area contributed by atoms with Crippen LogP contribution < -0.4 is 11.1 Å². The molecule has 0 radical (unpaired) electrons.